The molecular weight excluding hydrogens is 336 g/mol. The number of carbonyl (C=O) groups is 2. The van der Waals surface area contributed by atoms with Gasteiger partial charge >= 0.3 is 0 Å². The summed E-state index contributed by atoms with van der Waals surface area (Å²) in [7, 11) is 0. The molecule has 2 aromatic rings. The van der Waals surface area contributed by atoms with Crippen molar-refractivity contribution in [3.05, 3.63) is 71.8 Å². The van der Waals surface area contributed by atoms with E-state index in [4.69, 9.17) is 18.9 Å². The molecule has 2 saturated heterocycles. The Balaban J connectivity index is 1.55. The van der Waals surface area contributed by atoms with Crippen molar-refractivity contribution in [2.45, 2.75) is 37.0 Å². The summed E-state index contributed by atoms with van der Waals surface area (Å²) in [5.41, 5.74) is 1.59. The highest BCUT2D eigenvalue weighted by Crippen LogP contribution is 2.39. The fourth-order valence-corrected chi connectivity index (χ4v) is 3.23. The average Bonchev–Trinajstić information content (AvgIpc) is 3.33. The van der Waals surface area contributed by atoms with Gasteiger partial charge in [-0.1, -0.05) is 60.7 Å². The highest BCUT2D eigenvalue weighted by molar-refractivity contribution is 5.61. The van der Waals surface area contributed by atoms with Crippen LogP contribution in [0.4, 0.5) is 0 Å². The van der Waals surface area contributed by atoms with Crippen LogP contribution in [0.5, 0.6) is 0 Å². The van der Waals surface area contributed by atoms with E-state index in [1.165, 1.54) is 0 Å². The number of rotatable bonds is 5. The second-order valence-corrected chi connectivity index (χ2v) is 6.16. The molecule has 2 aliphatic heterocycles. The molecule has 0 aromatic heterocycles. The first-order valence-electron chi connectivity index (χ1n) is 8.42. The maximum Gasteiger partial charge on any atom is 0.185 e. The van der Waals surface area contributed by atoms with Gasteiger partial charge in [0.25, 0.3) is 0 Å². The van der Waals surface area contributed by atoms with Crippen molar-refractivity contribution < 1.29 is 28.5 Å². The molecular formula is C20H18O6. The number of benzene rings is 2. The minimum atomic E-state index is -0.842. The van der Waals surface area contributed by atoms with Crippen molar-refractivity contribution in [2.75, 3.05) is 0 Å². The van der Waals surface area contributed by atoms with Gasteiger partial charge in [0.05, 0.1) is 0 Å². The Hall–Kier alpha value is -2.38. The van der Waals surface area contributed by atoms with Crippen LogP contribution >= 0.6 is 0 Å². The number of ether oxygens (including phenoxy) is 4. The van der Waals surface area contributed by atoms with Crippen molar-refractivity contribution in [2.24, 2.45) is 0 Å². The Morgan fingerprint density at radius 3 is 1.31 bits per heavy atom. The molecule has 4 rings (SSSR count). The number of aldehydes is 2. The van der Waals surface area contributed by atoms with Gasteiger partial charge in [0.2, 0.25) is 0 Å². The molecule has 0 spiro atoms. The molecule has 0 bridgehead atoms. The molecule has 2 aromatic carbocycles. The van der Waals surface area contributed by atoms with E-state index < -0.39 is 37.0 Å². The molecule has 26 heavy (non-hydrogen) atoms. The van der Waals surface area contributed by atoms with Gasteiger partial charge < -0.3 is 28.5 Å². The Kier molecular flexibility index (Phi) is 4.90. The Bertz CT molecular complexity index is 684. The summed E-state index contributed by atoms with van der Waals surface area (Å²) >= 11 is 0. The molecule has 0 amide bonds. The van der Waals surface area contributed by atoms with E-state index in [2.05, 4.69) is 0 Å². The first-order valence-corrected chi connectivity index (χ1v) is 8.42. The van der Waals surface area contributed by atoms with Gasteiger partial charge in [0, 0.05) is 11.1 Å². The van der Waals surface area contributed by atoms with Gasteiger partial charge in [-0.2, -0.15) is 0 Å². The van der Waals surface area contributed by atoms with Gasteiger partial charge in [-0.3, -0.25) is 0 Å². The average molecular weight is 354 g/mol. The smallest absolute Gasteiger partial charge is 0.185 e. The summed E-state index contributed by atoms with van der Waals surface area (Å²) in [5, 5.41) is 0. The fourth-order valence-electron chi connectivity index (χ4n) is 3.23. The van der Waals surface area contributed by atoms with Crippen LogP contribution in [0.1, 0.15) is 23.7 Å². The second kappa shape index (κ2) is 7.47. The van der Waals surface area contributed by atoms with E-state index in [0.717, 1.165) is 11.1 Å². The zero-order chi connectivity index (χ0) is 17.9. The predicted molar refractivity (Wildman–Crippen MR) is 90.0 cm³/mol. The van der Waals surface area contributed by atoms with Crippen molar-refractivity contribution in [3.63, 3.8) is 0 Å². The van der Waals surface area contributed by atoms with Crippen LogP contribution < -0.4 is 0 Å². The molecule has 0 saturated carbocycles. The van der Waals surface area contributed by atoms with Crippen molar-refractivity contribution in [1.29, 1.82) is 0 Å². The van der Waals surface area contributed by atoms with Gasteiger partial charge in [-0.05, 0) is 0 Å². The fraction of sp³-hybridized carbons (Fsp3) is 0.300. The van der Waals surface area contributed by atoms with E-state index in [0.29, 0.717) is 12.6 Å². The molecule has 2 aliphatic rings. The second-order valence-electron chi connectivity index (χ2n) is 6.16. The molecule has 2 heterocycles. The largest absolute Gasteiger partial charge is 0.339 e. The molecule has 0 radical (unpaired) electrons. The van der Waals surface area contributed by atoms with Crippen LogP contribution in [0, 0.1) is 0 Å². The van der Waals surface area contributed by atoms with Crippen LogP contribution in [0.2, 0.25) is 0 Å². The van der Waals surface area contributed by atoms with Crippen LogP contribution in [0.15, 0.2) is 60.7 Å². The zero-order valence-corrected chi connectivity index (χ0v) is 13.8. The van der Waals surface area contributed by atoms with Gasteiger partial charge in [-0.25, -0.2) is 0 Å². The maximum atomic E-state index is 11.5. The van der Waals surface area contributed by atoms with Crippen LogP contribution in [-0.4, -0.2) is 37.0 Å². The highest BCUT2D eigenvalue weighted by Gasteiger charge is 2.50. The Morgan fingerprint density at radius 2 is 0.962 bits per heavy atom. The van der Waals surface area contributed by atoms with E-state index in [1.54, 1.807) is 0 Å². The lowest BCUT2D eigenvalue weighted by atomic mass is 10.0. The summed E-state index contributed by atoms with van der Waals surface area (Å²) in [5.74, 6) is 0. The van der Waals surface area contributed by atoms with E-state index in [-0.39, 0.29) is 0 Å². The summed E-state index contributed by atoms with van der Waals surface area (Å²) in [4.78, 5) is 23.0. The maximum absolute atomic E-state index is 11.5. The van der Waals surface area contributed by atoms with Crippen LogP contribution in [0.25, 0.3) is 0 Å². The topological polar surface area (TPSA) is 71.1 Å². The summed E-state index contributed by atoms with van der Waals surface area (Å²) in [6.45, 7) is 0. The summed E-state index contributed by atoms with van der Waals surface area (Å²) < 4.78 is 23.3. The third kappa shape index (κ3) is 3.20. The molecule has 134 valence electrons. The number of hydrogen-bond acceptors (Lipinski definition) is 6. The zero-order valence-electron chi connectivity index (χ0n) is 13.8. The number of hydrogen-bond donors (Lipinski definition) is 0. The van der Waals surface area contributed by atoms with Gasteiger partial charge in [0.15, 0.2) is 25.2 Å². The monoisotopic (exact) mass is 354 g/mol. The van der Waals surface area contributed by atoms with Crippen LogP contribution in [0.3, 0.4) is 0 Å². The van der Waals surface area contributed by atoms with E-state index in [9.17, 15) is 9.59 Å². The standard InChI is InChI=1S/C20H18O6/c21-11-15-17(25-19(23-15)13-7-3-1-4-8-13)18-16(12-22)24-20(26-18)14-9-5-2-6-10-14/h1-12,15-20H/t15-,16+,17-,18+,19-,20-/m0/s1. The third-order valence-electron chi connectivity index (χ3n) is 4.51. The van der Waals surface area contributed by atoms with Crippen molar-refractivity contribution >= 4 is 12.6 Å². The first-order chi connectivity index (χ1) is 12.8. The number of carbonyl (C=O) groups excluding carboxylic acids is 2. The molecule has 2 fully saturated rings. The quantitative estimate of drug-likeness (QED) is 0.768. The van der Waals surface area contributed by atoms with E-state index >= 15 is 0 Å². The molecule has 6 heteroatoms. The molecule has 0 N–H and O–H groups in total. The molecule has 6 nitrogen and oxygen atoms in total. The van der Waals surface area contributed by atoms with Crippen molar-refractivity contribution in [3.8, 4) is 0 Å². The first kappa shape index (κ1) is 17.1. The SMILES string of the molecule is O=C[C@@H]1O[C@H](c2ccccc2)O[C@@H]1[C@@H]1O[C@@H](c2ccccc2)O[C@@H]1C=O. The summed E-state index contributed by atoms with van der Waals surface area (Å²) in [6, 6.07) is 18.6. The normalized spacial score (nSPS) is 33.8. The minimum absolute atomic E-state index is 0.675. The van der Waals surface area contributed by atoms with Gasteiger partial charge in [-0.15, -0.1) is 0 Å². The molecule has 6 atom stereocenters. The van der Waals surface area contributed by atoms with Crippen LogP contribution in [-0.2, 0) is 28.5 Å². The lowest BCUT2D eigenvalue weighted by molar-refractivity contribution is -0.121. The minimum Gasteiger partial charge on any atom is -0.339 e. The van der Waals surface area contributed by atoms with Crippen molar-refractivity contribution in [1.82, 2.24) is 0 Å². The lowest BCUT2D eigenvalue weighted by Gasteiger charge is -2.20. The predicted octanol–water partition coefficient (Wildman–Crippen LogP) is 2.35. The molecule has 0 aliphatic carbocycles. The Labute approximate surface area is 150 Å². The van der Waals surface area contributed by atoms with E-state index in [1.807, 2.05) is 60.7 Å². The van der Waals surface area contributed by atoms with Gasteiger partial charge in [0.1, 0.15) is 24.4 Å². The summed E-state index contributed by atoms with van der Waals surface area (Å²) in [6.07, 6.45) is -3.19. The Morgan fingerprint density at radius 1 is 0.577 bits per heavy atom. The highest BCUT2D eigenvalue weighted by atomic mass is 16.8. The third-order valence-corrected chi connectivity index (χ3v) is 4.51. The molecule has 0 unspecified atom stereocenters. The lowest BCUT2D eigenvalue weighted by Crippen LogP contribution is -2.42.